The van der Waals surface area contributed by atoms with E-state index >= 15 is 0 Å². The highest BCUT2D eigenvalue weighted by Gasteiger charge is 2.18. The molecule has 0 bridgehead atoms. The van der Waals surface area contributed by atoms with Crippen LogP contribution in [0.15, 0.2) is 53.0 Å². The second kappa shape index (κ2) is 6.02. The van der Waals surface area contributed by atoms with Crippen LogP contribution in [-0.2, 0) is 0 Å². The number of phenols is 1. The van der Waals surface area contributed by atoms with E-state index in [0.29, 0.717) is 9.35 Å². The quantitative estimate of drug-likeness (QED) is 0.525. The van der Waals surface area contributed by atoms with Crippen LogP contribution in [0.1, 0.15) is 26.5 Å². The molecule has 22 heavy (non-hydrogen) atoms. The van der Waals surface area contributed by atoms with Crippen molar-refractivity contribution >= 4 is 48.9 Å². The standard InChI is InChI=1S/C17H11BrO3S/c18-11-5-6-13(19)12(8-11)14(20)9-15(21)17-7-10-3-1-2-4-16(10)22-17/h1-8,19H,9H2. The van der Waals surface area contributed by atoms with Gasteiger partial charge in [0.2, 0.25) is 0 Å². The van der Waals surface area contributed by atoms with E-state index < -0.39 is 0 Å². The summed E-state index contributed by atoms with van der Waals surface area (Å²) in [7, 11) is 0. The third-order valence-electron chi connectivity index (χ3n) is 3.28. The van der Waals surface area contributed by atoms with Gasteiger partial charge in [-0.1, -0.05) is 34.1 Å². The number of Topliss-reactive ketones (excluding diaryl/α,β-unsaturated/α-hetero) is 2. The number of phenolic OH excluding ortho intramolecular Hbond substituents is 1. The average molecular weight is 375 g/mol. The summed E-state index contributed by atoms with van der Waals surface area (Å²) in [4.78, 5) is 25.1. The minimum atomic E-state index is -0.388. The van der Waals surface area contributed by atoms with E-state index in [1.165, 1.54) is 23.5 Å². The van der Waals surface area contributed by atoms with Crippen molar-refractivity contribution in [2.45, 2.75) is 6.42 Å². The molecule has 110 valence electrons. The second-order valence-corrected chi connectivity index (χ2v) is 6.83. The number of fused-ring (bicyclic) bond motifs is 1. The first-order valence-corrected chi connectivity index (χ1v) is 8.19. The van der Waals surface area contributed by atoms with Crippen molar-refractivity contribution in [3.05, 3.63) is 63.4 Å². The van der Waals surface area contributed by atoms with Crippen LogP contribution in [-0.4, -0.2) is 16.7 Å². The molecule has 1 N–H and O–H groups in total. The first kappa shape index (κ1) is 14.9. The number of hydrogen-bond acceptors (Lipinski definition) is 4. The molecule has 3 nitrogen and oxygen atoms in total. The highest BCUT2D eigenvalue weighted by molar-refractivity contribution is 9.10. The number of rotatable bonds is 4. The predicted molar refractivity (Wildman–Crippen MR) is 90.9 cm³/mol. The summed E-state index contributed by atoms with van der Waals surface area (Å²) in [5.74, 6) is -0.732. The summed E-state index contributed by atoms with van der Waals surface area (Å²) >= 11 is 4.63. The number of ketones is 2. The van der Waals surface area contributed by atoms with Crippen LogP contribution in [0.25, 0.3) is 10.1 Å². The molecule has 3 rings (SSSR count). The van der Waals surface area contributed by atoms with Gasteiger partial charge in [-0.3, -0.25) is 9.59 Å². The summed E-state index contributed by atoms with van der Waals surface area (Å²) in [6.45, 7) is 0. The molecule has 3 aromatic rings. The van der Waals surface area contributed by atoms with Crippen LogP contribution in [0.3, 0.4) is 0 Å². The highest BCUT2D eigenvalue weighted by Crippen LogP contribution is 2.28. The molecule has 2 aromatic carbocycles. The third kappa shape index (κ3) is 2.96. The summed E-state index contributed by atoms with van der Waals surface area (Å²) in [5, 5.41) is 10.7. The minimum Gasteiger partial charge on any atom is -0.507 e. The van der Waals surface area contributed by atoms with Crippen LogP contribution in [0.2, 0.25) is 0 Å². The molecule has 0 aliphatic heterocycles. The summed E-state index contributed by atoms with van der Waals surface area (Å²) in [6, 6.07) is 14.1. The SMILES string of the molecule is O=C(CC(=O)c1cc(Br)ccc1O)c1cc2ccccc2s1. The molecule has 0 aliphatic rings. The van der Waals surface area contributed by atoms with Crippen molar-refractivity contribution < 1.29 is 14.7 Å². The fraction of sp³-hybridized carbons (Fsp3) is 0.0588. The van der Waals surface area contributed by atoms with Crippen LogP contribution >= 0.6 is 27.3 Å². The maximum Gasteiger partial charge on any atom is 0.180 e. The van der Waals surface area contributed by atoms with Crippen molar-refractivity contribution in [2.24, 2.45) is 0 Å². The Morgan fingerprint density at radius 2 is 1.82 bits per heavy atom. The van der Waals surface area contributed by atoms with Gasteiger partial charge in [-0.05, 0) is 35.7 Å². The van der Waals surface area contributed by atoms with E-state index in [1.54, 1.807) is 12.1 Å². The van der Waals surface area contributed by atoms with Crippen LogP contribution in [0, 0.1) is 0 Å². The van der Waals surface area contributed by atoms with Crippen molar-refractivity contribution in [3.8, 4) is 5.75 Å². The maximum absolute atomic E-state index is 12.3. The Bertz CT molecular complexity index is 849. The number of halogens is 1. The topological polar surface area (TPSA) is 54.4 Å². The molecule has 0 saturated carbocycles. The van der Waals surface area contributed by atoms with Gasteiger partial charge in [-0.2, -0.15) is 0 Å². The van der Waals surface area contributed by atoms with Crippen LogP contribution in [0.5, 0.6) is 5.75 Å². The Hall–Kier alpha value is -1.98. The summed E-state index contributed by atoms with van der Waals surface area (Å²) < 4.78 is 1.70. The predicted octanol–water partition coefficient (Wildman–Crippen LogP) is 4.83. The lowest BCUT2D eigenvalue weighted by molar-refractivity contribution is 0.0895. The zero-order chi connectivity index (χ0) is 15.7. The average Bonchev–Trinajstić information content (AvgIpc) is 2.93. The van der Waals surface area contributed by atoms with Gasteiger partial charge in [-0.25, -0.2) is 0 Å². The van der Waals surface area contributed by atoms with Crippen LogP contribution in [0.4, 0.5) is 0 Å². The second-order valence-electron chi connectivity index (χ2n) is 4.83. The molecule has 0 saturated heterocycles. The number of benzene rings is 2. The van der Waals surface area contributed by atoms with E-state index in [0.717, 1.165) is 10.1 Å². The molecule has 0 fully saturated rings. The van der Waals surface area contributed by atoms with Gasteiger partial charge in [-0.15, -0.1) is 11.3 Å². The zero-order valence-electron chi connectivity index (χ0n) is 11.4. The number of carbonyl (C=O) groups is 2. The van der Waals surface area contributed by atoms with E-state index in [9.17, 15) is 14.7 Å². The van der Waals surface area contributed by atoms with E-state index in [4.69, 9.17) is 0 Å². The summed E-state index contributed by atoms with van der Waals surface area (Å²) in [6.07, 6.45) is -0.253. The van der Waals surface area contributed by atoms with Gasteiger partial charge in [0.25, 0.3) is 0 Å². The Morgan fingerprint density at radius 1 is 1.05 bits per heavy atom. The van der Waals surface area contributed by atoms with Crippen molar-refractivity contribution in [1.29, 1.82) is 0 Å². The number of aromatic hydroxyl groups is 1. The molecule has 1 heterocycles. The zero-order valence-corrected chi connectivity index (χ0v) is 13.8. The first-order valence-electron chi connectivity index (χ1n) is 6.58. The van der Waals surface area contributed by atoms with Gasteiger partial charge in [0, 0.05) is 9.17 Å². The maximum atomic E-state index is 12.3. The Kier molecular flexibility index (Phi) is 4.09. The van der Waals surface area contributed by atoms with Gasteiger partial charge in [0.1, 0.15) is 5.75 Å². The van der Waals surface area contributed by atoms with Crippen molar-refractivity contribution in [1.82, 2.24) is 0 Å². The number of hydrogen-bond donors (Lipinski definition) is 1. The molecule has 0 aliphatic carbocycles. The van der Waals surface area contributed by atoms with Crippen LogP contribution < -0.4 is 0 Å². The molecule has 5 heteroatoms. The fourth-order valence-electron chi connectivity index (χ4n) is 2.18. The Balaban J connectivity index is 1.84. The molecule has 0 spiro atoms. The van der Waals surface area contributed by atoms with Gasteiger partial charge < -0.3 is 5.11 Å². The molecule has 0 atom stereocenters. The van der Waals surface area contributed by atoms with Gasteiger partial charge in [0.15, 0.2) is 11.6 Å². The minimum absolute atomic E-state index is 0.114. The van der Waals surface area contributed by atoms with E-state index in [1.807, 2.05) is 24.3 Å². The number of thiophene rings is 1. The van der Waals surface area contributed by atoms with Gasteiger partial charge >= 0.3 is 0 Å². The first-order chi connectivity index (χ1) is 10.5. The molecular weight excluding hydrogens is 364 g/mol. The monoisotopic (exact) mass is 374 g/mol. The fourth-order valence-corrected chi connectivity index (χ4v) is 3.54. The lowest BCUT2D eigenvalue weighted by Gasteiger charge is -2.03. The van der Waals surface area contributed by atoms with Gasteiger partial charge in [0.05, 0.1) is 16.9 Å². The molecular formula is C17H11BrO3S. The lowest BCUT2D eigenvalue weighted by atomic mass is 10.0. The van der Waals surface area contributed by atoms with Crippen molar-refractivity contribution in [3.63, 3.8) is 0 Å². The lowest BCUT2D eigenvalue weighted by Crippen LogP contribution is -2.07. The largest absolute Gasteiger partial charge is 0.507 e. The molecule has 0 unspecified atom stereocenters. The normalized spacial score (nSPS) is 10.8. The van der Waals surface area contributed by atoms with E-state index in [-0.39, 0.29) is 29.3 Å². The summed E-state index contributed by atoms with van der Waals surface area (Å²) in [5.41, 5.74) is 0.156. The highest BCUT2D eigenvalue weighted by atomic mass is 79.9. The molecule has 1 aromatic heterocycles. The molecule has 0 amide bonds. The number of carbonyl (C=O) groups excluding carboxylic acids is 2. The third-order valence-corrected chi connectivity index (χ3v) is 4.93. The Labute approximate surface area is 139 Å². The van der Waals surface area contributed by atoms with E-state index in [2.05, 4.69) is 15.9 Å². The molecule has 0 radical (unpaired) electrons. The van der Waals surface area contributed by atoms with Crippen molar-refractivity contribution in [2.75, 3.05) is 0 Å². The Morgan fingerprint density at radius 3 is 2.59 bits per heavy atom. The smallest absolute Gasteiger partial charge is 0.180 e.